The number of nitrogens with one attached hydrogen (secondary N) is 1. The Morgan fingerprint density at radius 3 is 2.90 bits per heavy atom. The number of anilines is 2. The van der Waals surface area contributed by atoms with Crippen molar-refractivity contribution >= 4 is 33.2 Å². The standard InChI is InChI=1S/C36H35F2N5O5/c1-20-31-30(34(45)48-32(20)25-15-24(44)14-22-5-3-6-26(38)29(22)25)33(39-17-21-7-8-28-27(13-21)42(2)11-12-46-28)41-35(40-31)47-19-36-9-4-10-43(36)18-23(37)16-36/h3,5-8,13-15,23,44H,4,9-12,16-19H2,1-2H3,(H,39,40,41)/t23-,36+/m1/s1. The van der Waals surface area contributed by atoms with Crippen molar-refractivity contribution < 1.29 is 27.8 Å². The van der Waals surface area contributed by atoms with Crippen molar-refractivity contribution in [3.8, 4) is 28.8 Å². The Morgan fingerprint density at radius 1 is 1.15 bits per heavy atom. The van der Waals surface area contributed by atoms with E-state index in [-0.39, 0.29) is 51.8 Å². The minimum absolute atomic E-state index is 0.0266. The summed E-state index contributed by atoms with van der Waals surface area (Å²) < 4.78 is 47.7. The third-order valence-electron chi connectivity index (χ3n) is 9.95. The molecular formula is C36H35F2N5O5. The number of aryl methyl sites for hydroxylation is 1. The maximum atomic E-state index is 15.2. The molecule has 2 fully saturated rings. The van der Waals surface area contributed by atoms with Crippen molar-refractivity contribution in [3.63, 3.8) is 0 Å². The van der Waals surface area contributed by atoms with Crippen molar-refractivity contribution in [1.29, 1.82) is 0 Å². The molecule has 8 rings (SSSR count). The summed E-state index contributed by atoms with van der Waals surface area (Å²) >= 11 is 0. The summed E-state index contributed by atoms with van der Waals surface area (Å²) in [5.74, 6) is 0.455. The van der Waals surface area contributed by atoms with E-state index >= 15 is 4.39 Å². The highest BCUT2D eigenvalue weighted by Gasteiger charge is 2.49. The molecule has 2 aromatic heterocycles. The largest absolute Gasteiger partial charge is 0.508 e. The van der Waals surface area contributed by atoms with E-state index in [1.54, 1.807) is 19.1 Å². The number of likely N-dealkylation sites (N-methyl/N-ethyl adjacent to an activating group) is 1. The van der Waals surface area contributed by atoms with Crippen LogP contribution in [0.3, 0.4) is 0 Å². The predicted octanol–water partition coefficient (Wildman–Crippen LogP) is 5.95. The molecule has 0 radical (unpaired) electrons. The molecule has 2 N–H and O–H groups in total. The molecule has 5 aromatic rings. The molecule has 0 saturated carbocycles. The minimum atomic E-state index is -0.920. The first kappa shape index (κ1) is 30.4. The van der Waals surface area contributed by atoms with Crippen LogP contribution in [-0.4, -0.2) is 71.6 Å². The van der Waals surface area contributed by atoms with Crippen molar-refractivity contribution in [2.75, 3.05) is 50.1 Å². The monoisotopic (exact) mass is 655 g/mol. The number of benzene rings is 3. The van der Waals surface area contributed by atoms with Crippen LogP contribution in [-0.2, 0) is 6.54 Å². The Bertz CT molecular complexity index is 2140. The lowest BCUT2D eigenvalue weighted by molar-refractivity contribution is 0.107. The number of alkyl halides is 1. The quantitative estimate of drug-likeness (QED) is 0.218. The number of halogens is 2. The van der Waals surface area contributed by atoms with E-state index in [0.29, 0.717) is 37.1 Å². The molecule has 3 aromatic carbocycles. The van der Waals surface area contributed by atoms with Crippen LogP contribution < -0.4 is 25.3 Å². The Kier molecular flexibility index (Phi) is 7.35. The normalized spacial score (nSPS) is 20.6. The summed E-state index contributed by atoms with van der Waals surface area (Å²) in [6, 6.07) is 13.3. The van der Waals surface area contributed by atoms with Crippen LogP contribution in [0, 0.1) is 12.7 Å². The number of nitrogens with zero attached hydrogens (tertiary/aromatic N) is 4. The van der Waals surface area contributed by atoms with Crippen LogP contribution in [0.15, 0.2) is 57.7 Å². The number of phenols is 1. The van der Waals surface area contributed by atoms with Gasteiger partial charge in [0.1, 0.15) is 53.7 Å². The highest BCUT2D eigenvalue weighted by molar-refractivity contribution is 6.00. The van der Waals surface area contributed by atoms with Crippen LogP contribution in [0.25, 0.3) is 33.0 Å². The maximum Gasteiger partial charge on any atom is 0.349 e. The van der Waals surface area contributed by atoms with Crippen LogP contribution >= 0.6 is 0 Å². The van der Waals surface area contributed by atoms with Gasteiger partial charge in [-0.15, -0.1) is 0 Å². The molecule has 248 valence electrons. The molecule has 0 bridgehead atoms. The first-order valence-electron chi connectivity index (χ1n) is 16.2. The molecule has 0 unspecified atom stereocenters. The molecule has 0 spiro atoms. The van der Waals surface area contributed by atoms with Crippen LogP contribution in [0.1, 0.15) is 30.4 Å². The van der Waals surface area contributed by atoms with Gasteiger partial charge in [0.25, 0.3) is 0 Å². The lowest BCUT2D eigenvalue weighted by atomic mass is 9.95. The van der Waals surface area contributed by atoms with E-state index in [1.807, 2.05) is 25.2 Å². The summed E-state index contributed by atoms with van der Waals surface area (Å²) in [4.78, 5) is 27.4. The maximum absolute atomic E-state index is 15.2. The van der Waals surface area contributed by atoms with E-state index in [0.717, 1.165) is 42.9 Å². The average molecular weight is 656 g/mol. The average Bonchev–Trinajstić information content (AvgIpc) is 3.59. The Balaban J connectivity index is 1.23. The summed E-state index contributed by atoms with van der Waals surface area (Å²) in [6.45, 7) is 4.82. The zero-order valence-electron chi connectivity index (χ0n) is 26.7. The molecule has 2 atom stereocenters. The third-order valence-corrected chi connectivity index (χ3v) is 9.95. The summed E-state index contributed by atoms with van der Waals surface area (Å²) in [5, 5.41) is 14.6. The summed E-state index contributed by atoms with van der Waals surface area (Å²) in [5.41, 5.74) is 1.64. The van der Waals surface area contributed by atoms with Crippen molar-refractivity contribution in [2.24, 2.45) is 0 Å². The Hall–Kier alpha value is -4.97. The lowest BCUT2D eigenvalue weighted by Crippen LogP contribution is -2.43. The molecule has 3 aliphatic heterocycles. The highest BCUT2D eigenvalue weighted by Crippen LogP contribution is 2.41. The zero-order chi connectivity index (χ0) is 33.2. The van der Waals surface area contributed by atoms with E-state index < -0.39 is 23.2 Å². The zero-order valence-corrected chi connectivity index (χ0v) is 26.7. The first-order chi connectivity index (χ1) is 23.2. The summed E-state index contributed by atoms with van der Waals surface area (Å²) in [6.07, 6.45) is 1.23. The van der Waals surface area contributed by atoms with Crippen LogP contribution in [0.4, 0.5) is 20.3 Å². The molecule has 10 nitrogen and oxygen atoms in total. The smallest absolute Gasteiger partial charge is 0.349 e. The number of ether oxygens (including phenoxy) is 2. The van der Waals surface area contributed by atoms with Crippen molar-refractivity contribution in [3.05, 3.63) is 75.9 Å². The third kappa shape index (κ3) is 5.15. The van der Waals surface area contributed by atoms with Gasteiger partial charge in [-0.05, 0) is 67.6 Å². The van der Waals surface area contributed by atoms with Gasteiger partial charge in [0.2, 0.25) is 0 Å². The first-order valence-corrected chi connectivity index (χ1v) is 16.2. The Labute approximate surface area is 274 Å². The van der Waals surface area contributed by atoms with Gasteiger partial charge >= 0.3 is 11.6 Å². The second-order valence-corrected chi connectivity index (χ2v) is 13.0. The van der Waals surface area contributed by atoms with Gasteiger partial charge in [0.15, 0.2) is 0 Å². The highest BCUT2D eigenvalue weighted by atomic mass is 19.1. The molecule has 5 heterocycles. The molecular weight excluding hydrogens is 620 g/mol. The number of fused-ring (bicyclic) bond motifs is 4. The van der Waals surface area contributed by atoms with Crippen molar-refractivity contribution in [2.45, 2.75) is 44.4 Å². The number of phenolic OH excluding ortho intramolecular Hbond substituents is 1. The van der Waals surface area contributed by atoms with E-state index in [9.17, 15) is 14.3 Å². The molecule has 48 heavy (non-hydrogen) atoms. The van der Waals surface area contributed by atoms with Gasteiger partial charge in [-0.2, -0.15) is 9.97 Å². The number of hydrogen-bond donors (Lipinski definition) is 2. The Morgan fingerprint density at radius 2 is 2.02 bits per heavy atom. The van der Waals surface area contributed by atoms with E-state index in [1.165, 1.54) is 18.2 Å². The minimum Gasteiger partial charge on any atom is -0.508 e. The number of aromatic hydroxyl groups is 1. The van der Waals surface area contributed by atoms with Gasteiger partial charge < -0.3 is 29.2 Å². The second kappa shape index (κ2) is 11.6. The van der Waals surface area contributed by atoms with Gasteiger partial charge in [-0.25, -0.2) is 13.6 Å². The number of rotatable bonds is 7. The fourth-order valence-electron chi connectivity index (χ4n) is 7.57. The van der Waals surface area contributed by atoms with Gasteiger partial charge in [-0.1, -0.05) is 18.2 Å². The van der Waals surface area contributed by atoms with Crippen LogP contribution in [0.5, 0.6) is 17.5 Å². The number of hydrogen-bond acceptors (Lipinski definition) is 10. The molecule has 3 aliphatic rings. The predicted molar refractivity (Wildman–Crippen MR) is 178 cm³/mol. The fourth-order valence-corrected chi connectivity index (χ4v) is 7.57. The molecule has 12 heteroatoms. The second-order valence-electron chi connectivity index (χ2n) is 13.0. The van der Waals surface area contributed by atoms with Gasteiger partial charge in [0.05, 0.1) is 23.3 Å². The SMILES string of the molecule is Cc1c(-c2cc(O)cc3cccc(F)c23)oc(=O)c2c(NCc3ccc4c(c3)N(C)CCO4)nc(OC[C@@]34CCCN3C[C@H](F)C4)nc12. The van der Waals surface area contributed by atoms with Gasteiger partial charge in [-0.3, -0.25) is 4.90 Å². The van der Waals surface area contributed by atoms with Crippen LogP contribution in [0.2, 0.25) is 0 Å². The van der Waals surface area contributed by atoms with Crippen molar-refractivity contribution in [1.82, 2.24) is 14.9 Å². The van der Waals surface area contributed by atoms with E-state index in [4.69, 9.17) is 18.9 Å². The number of aromatic nitrogens is 2. The fraction of sp³-hybridized carbons (Fsp3) is 0.361. The van der Waals surface area contributed by atoms with E-state index in [2.05, 4.69) is 20.1 Å². The topological polar surface area (TPSA) is 113 Å². The molecule has 2 saturated heterocycles. The summed E-state index contributed by atoms with van der Waals surface area (Å²) in [7, 11) is 2.01. The lowest BCUT2D eigenvalue weighted by Gasteiger charge is -2.30. The molecule has 0 amide bonds. The molecule has 0 aliphatic carbocycles. The van der Waals surface area contributed by atoms with Gasteiger partial charge in [0, 0.05) is 43.1 Å².